The minimum absolute atomic E-state index is 0.194. The first kappa shape index (κ1) is 20.0. The summed E-state index contributed by atoms with van der Waals surface area (Å²) in [6.07, 6.45) is 0.738. The Morgan fingerprint density at radius 3 is 2.54 bits per heavy atom. The number of rotatable bonds is 8. The molecule has 1 atom stereocenters. The summed E-state index contributed by atoms with van der Waals surface area (Å²) in [5.41, 5.74) is 0.973. The van der Waals surface area contributed by atoms with Gasteiger partial charge in [0.1, 0.15) is 5.75 Å². The van der Waals surface area contributed by atoms with Crippen LogP contribution in [-0.4, -0.2) is 34.8 Å². The monoisotopic (exact) mass is 359 g/mol. The summed E-state index contributed by atoms with van der Waals surface area (Å²) >= 11 is 0. The van der Waals surface area contributed by atoms with E-state index >= 15 is 0 Å². The third-order valence-electron chi connectivity index (χ3n) is 4.32. The summed E-state index contributed by atoms with van der Waals surface area (Å²) in [5, 5.41) is 10.4. The highest BCUT2D eigenvalue weighted by molar-refractivity contribution is 6.09. The minimum Gasteiger partial charge on any atom is -0.503 e. The van der Waals surface area contributed by atoms with Crippen molar-refractivity contribution in [3.05, 3.63) is 41.2 Å². The molecule has 1 N–H and O–H groups in total. The summed E-state index contributed by atoms with van der Waals surface area (Å²) in [5.74, 6) is -0.310. The van der Waals surface area contributed by atoms with Gasteiger partial charge in [-0.05, 0) is 30.0 Å². The smallest absolute Gasteiger partial charge is 0.290 e. The number of ether oxygens (including phenoxy) is 1. The van der Waals surface area contributed by atoms with E-state index in [1.54, 1.807) is 18.7 Å². The second-order valence-corrected chi connectivity index (χ2v) is 7.46. The van der Waals surface area contributed by atoms with Gasteiger partial charge >= 0.3 is 0 Å². The first-order valence-corrected chi connectivity index (χ1v) is 9.28. The molecule has 0 radical (unpaired) electrons. The van der Waals surface area contributed by atoms with Crippen molar-refractivity contribution >= 4 is 11.7 Å². The van der Waals surface area contributed by atoms with Crippen molar-refractivity contribution < 1.29 is 19.4 Å². The first-order chi connectivity index (χ1) is 12.3. The lowest BCUT2D eigenvalue weighted by Crippen LogP contribution is -2.32. The summed E-state index contributed by atoms with van der Waals surface area (Å²) in [4.78, 5) is 26.8. The molecule has 142 valence electrons. The zero-order valence-electron chi connectivity index (χ0n) is 16.3. The van der Waals surface area contributed by atoms with E-state index in [1.807, 2.05) is 31.2 Å². The highest BCUT2D eigenvalue weighted by Crippen LogP contribution is 2.39. The average Bonchev–Trinajstić information content (AvgIpc) is 2.84. The van der Waals surface area contributed by atoms with Crippen molar-refractivity contribution in [1.29, 1.82) is 0 Å². The first-order valence-electron chi connectivity index (χ1n) is 9.28. The normalized spacial score (nSPS) is 17.6. The third-order valence-corrected chi connectivity index (χ3v) is 4.32. The average molecular weight is 359 g/mol. The highest BCUT2D eigenvalue weighted by atomic mass is 16.5. The lowest BCUT2D eigenvalue weighted by atomic mass is 9.91. The van der Waals surface area contributed by atoms with E-state index < -0.39 is 17.7 Å². The van der Waals surface area contributed by atoms with Crippen LogP contribution >= 0.6 is 0 Å². The molecule has 1 unspecified atom stereocenters. The van der Waals surface area contributed by atoms with Crippen LogP contribution in [0.1, 0.15) is 52.6 Å². The molecule has 1 aliphatic rings. The van der Waals surface area contributed by atoms with Gasteiger partial charge in [0.05, 0.1) is 18.2 Å². The Labute approximate surface area is 155 Å². The Bertz CT molecular complexity index is 706. The molecule has 2 rings (SSSR count). The standard InChI is InChI=1S/C21H29NO4/c1-6-10-22-18(17(19(23)14(4)5)20(24)21(22)25)15-8-7-9-16(11-15)26-12-13(2)3/h7-9,11,13-14,18,24H,6,10,12H2,1-5H3. The quantitative estimate of drug-likeness (QED) is 0.760. The second-order valence-electron chi connectivity index (χ2n) is 7.46. The number of hydrogen-bond donors (Lipinski definition) is 1. The van der Waals surface area contributed by atoms with Crippen LogP contribution in [0.3, 0.4) is 0 Å². The molecule has 5 nitrogen and oxygen atoms in total. The van der Waals surface area contributed by atoms with E-state index in [4.69, 9.17) is 4.74 Å². The molecule has 0 fully saturated rings. The summed E-state index contributed by atoms with van der Waals surface area (Å²) in [7, 11) is 0. The maximum absolute atomic E-state index is 12.7. The van der Waals surface area contributed by atoms with Gasteiger partial charge in [-0.3, -0.25) is 9.59 Å². The lowest BCUT2D eigenvalue weighted by molar-refractivity contribution is -0.129. The van der Waals surface area contributed by atoms with Crippen LogP contribution < -0.4 is 4.74 Å². The van der Waals surface area contributed by atoms with Gasteiger partial charge in [-0.2, -0.15) is 0 Å². The predicted octanol–water partition coefficient (Wildman–Crippen LogP) is 4.05. The highest BCUT2D eigenvalue weighted by Gasteiger charge is 2.43. The number of amides is 1. The Balaban J connectivity index is 2.46. The molecular weight excluding hydrogens is 330 g/mol. The van der Waals surface area contributed by atoms with E-state index in [9.17, 15) is 14.7 Å². The van der Waals surface area contributed by atoms with Crippen molar-refractivity contribution in [2.75, 3.05) is 13.2 Å². The van der Waals surface area contributed by atoms with Crippen molar-refractivity contribution in [1.82, 2.24) is 4.90 Å². The zero-order chi connectivity index (χ0) is 19.4. The number of aliphatic hydroxyl groups is 1. The minimum atomic E-state index is -0.569. The second kappa shape index (κ2) is 8.39. The van der Waals surface area contributed by atoms with Crippen LogP contribution in [-0.2, 0) is 9.59 Å². The lowest BCUT2D eigenvalue weighted by Gasteiger charge is -2.27. The van der Waals surface area contributed by atoms with Gasteiger partial charge in [0.2, 0.25) is 0 Å². The van der Waals surface area contributed by atoms with Gasteiger partial charge in [-0.25, -0.2) is 0 Å². The number of carbonyl (C=O) groups excluding carboxylic acids is 2. The summed E-state index contributed by atoms with van der Waals surface area (Å²) in [6.45, 7) is 10.7. The molecule has 0 spiro atoms. The molecule has 5 heteroatoms. The van der Waals surface area contributed by atoms with Gasteiger partial charge in [0.15, 0.2) is 11.5 Å². The Morgan fingerprint density at radius 1 is 1.27 bits per heavy atom. The van der Waals surface area contributed by atoms with Gasteiger partial charge in [-0.15, -0.1) is 0 Å². The number of ketones is 1. The van der Waals surface area contributed by atoms with Gasteiger partial charge < -0.3 is 14.7 Å². The molecule has 1 aliphatic heterocycles. The SMILES string of the molecule is CCCN1C(=O)C(O)=C(C(=O)C(C)C)C1c1cccc(OCC(C)C)c1. The van der Waals surface area contributed by atoms with Crippen LogP contribution in [0.2, 0.25) is 0 Å². The molecule has 0 aliphatic carbocycles. The topological polar surface area (TPSA) is 66.8 Å². The number of carbonyl (C=O) groups is 2. The fourth-order valence-corrected chi connectivity index (χ4v) is 3.07. The van der Waals surface area contributed by atoms with Crippen molar-refractivity contribution in [2.45, 2.75) is 47.1 Å². The van der Waals surface area contributed by atoms with Crippen molar-refractivity contribution in [3.63, 3.8) is 0 Å². The molecule has 1 amide bonds. The summed E-state index contributed by atoms with van der Waals surface area (Å²) < 4.78 is 5.79. The zero-order valence-corrected chi connectivity index (χ0v) is 16.3. The molecule has 26 heavy (non-hydrogen) atoms. The summed E-state index contributed by atoms with van der Waals surface area (Å²) in [6, 6.07) is 6.87. The number of aliphatic hydroxyl groups excluding tert-OH is 1. The largest absolute Gasteiger partial charge is 0.503 e. The number of hydrogen-bond acceptors (Lipinski definition) is 4. The molecule has 0 saturated heterocycles. The van der Waals surface area contributed by atoms with Crippen LogP contribution in [0.25, 0.3) is 0 Å². The van der Waals surface area contributed by atoms with Crippen LogP contribution in [0, 0.1) is 11.8 Å². The van der Waals surface area contributed by atoms with Crippen molar-refractivity contribution in [3.8, 4) is 5.75 Å². The third kappa shape index (κ3) is 4.09. The maximum Gasteiger partial charge on any atom is 0.290 e. The van der Waals surface area contributed by atoms with E-state index in [-0.39, 0.29) is 17.3 Å². The molecule has 0 aromatic heterocycles. The van der Waals surface area contributed by atoms with Gasteiger partial charge in [-0.1, -0.05) is 46.8 Å². The Morgan fingerprint density at radius 2 is 1.96 bits per heavy atom. The van der Waals surface area contributed by atoms with Crippen LogP contribution in [0.5, 0.6) is 5.75 Å². The molecule has 1 aromatic carbocycles. The molecule has 0 bridgehead atoms. The van der Waals surface area contributed by atoms with Crippen molar-refractivity contribution in [2.24, 2.45) is 11.8 Å². The predicted molar refractivity (Wildman–Crippen MR) is 101 cm³/mol. The van der Waals surface area contributed by atoms with E-state index in [2.05, 4.69) is 13.8 Å². The van der Waals surface area contributed by atoms with Crippen LogP contribution in [0.15, 0.2) is 35.6 Å². The fourth-order valence-electron chi connectivity index (χ4n) is 3.07. The maximum atomic E-state index is 12.7. The molecule has 0 saturated carbocycles. The van der Waals surface area contributed by atoms with Gasteiger partial charge in [0, 0.05) is 12.5 Å². The number of Topliss-reactive ketones (excluding diaryl/α,β-unsaturated/α-hetero) is 1. The van der Waals surface area contributed by atoms with E-state index in [0.717, 1.165) is 12.0 Å². The Hall–Kier alpha value is -2.30. The number of benzene rings is 1. The Kier molecular flexibility index (Phi) is 6.46. The molecule has 1 aromatic rings. The number of nitrogens with zero attached hydrogens (tertiary/aromatic N) is 1. The fraction of sp³-hybridized carbons (Fsp3) is 0.524. The van der Waals surface area contributed by atoms with Gasteiger partial charge in [0.25, 0.3) is 5.91 Å². The molecule has 1 heterocycles. The van der Waals surface area contributed by atoms with E-state index in [1.165, 1.54) is 0 Å². The van der Waals surface area contributed by atoms with E-state index in [0.29, 0.717) is 24.8 Å². The molecular formula is C21H29NO4. The van der Waals surface area contributed by atoms with Crippen LogP contribution in [0.4, 0.5) is 0 Å².